The van der Waals surface area contributed by atoms with E-state index in [0.717, 1.165) is 0 Å². The number of carbonyl (C=O) groups is 2. The molecule has 0 aliphatic heterocycles. The molecule has 0 saturated heterocycles. The first-order valence-corrected chi connectivity index (χ1v) is 11.3. The highest BCUT2D eigenvalue weighted by molar-refractivity contribution is 7.48. The van der Waals surface area contributed by atoms with E-state index in [-0.39, 0.29) is 55.3 Å². The summed E-state index contributed by atoms with van der Waals surface area (Å²) in [7, 11) is -1.40. The molecule has 2 rings (SSSR count). The Bertz CT molecular complexity index is 1040. The van der Waals surface area contributed by atoms with Gasteiger partial charge < -0.3 is 31.7 Å². The van der Waals surface area contributed by atoms with Gasteiger partial charge in [0.25, 0.3) is 0 Å². The summed E-state index contributed by atoms with van der Waals surface area (Å²) in [5, 5.41) is 0. The minimum atomic E-state index is -2.27. The fraction of sp³-hybridized carbons (Fsp3) is 0.529. The molecular weight excluding hydrogens is 474 g/mol. The van der Waals surface area contributed by atoms with Crippen LogP contribution in [0, 0.1) is 19.8 Å². The van der Waals surface area contributed by atoms with Gasteiger partial charge in [0, 0.05) is 13.5 Å². The third-order valence-corrected chi connectivity index (χ3v) is 6.02. The Kier molecular flexibility index (Phi) is 9.98. The van der Waals surface area contributed by atoms with Gasteiger partial charge >= 0.3 is 31.6 Å². The van der Waals surface area contributed by atoms with E-state index in [2.05, 4.69) is 8.83 Å². The molecule has 0 bridgehead atoms. The van der Waals surface area contributed by atoms with Crippen LogP contribution in [0.15, 0.2) is 27.3 Å². The van der Waals surface area contributed by atoms with Crippen LogP contribution in [-0.4, -0.2) is 25.2 Å². The molecule has 3 atom stereocenters. The lowest BCUT2D eigenvalue weighted by atomic mass is 10.1. The average Bonchev–Trinajstić information content (AvgIpc) is 3.24. The predicted molar refractivity (Wildman–Crippen MR) is 105 cm³/mol. The van der Waals surface area contributed by atoms with E-state index in [0.29, 0.717) is 0 Å². The number of hydrogen-bond donors (Lipinski definition) is 0. The quantitative estimate of drug-likeness (QED) is 0.293. The van der Waals surface area contributed by atoms with Gasteiger partial charge in [0.2, 0.25) is 9.03 Å². The molecule has 176 valence electrons. The molecule has 15 heteroatoms. The smallest absolute Gasteiger partial charge is 0.457 e. The van der Waals surface area contributed by atoms with Gasteiger partial charge in [-0.1, -0.05) is 4.31 Å². The standard InChI is InChI=1S/C17H21O13P2/c1-9-12(28-16(20)26-9)6-24-14(18)5-4-11(8-32(22)30-31-23-3)15(19)25-7-13-10(2)27-17(21)29-13/h11,31H,4-8H2,1-3H3/q+1. The molecule has 0 radical (unpaired) electrons. The summed E-state index contributed by atoms with van der Waals surface area (Å²) >= 11 is 0. The zero-order valence-corrected chi connectivity index (χ0v) is 19.3. The summed E-state index contributed by atoms with van der Waals surface area (Å²) in [6.07, 6.45) is -0.529. The lowest BCUT2D eigenvalue weighted by Gasteiger charge is -2.11. The minimum absolute atomic E-state index is 0.0278. The van der Waals surface area contributed by atoms with Gasteiger partial charge in [0.05, 0.1) is 0 Å². The van der Waals surface area contributed by atoms with Crippen LogP contribution in [-0.2, 0) is 45.7 Å². The molecule has 2 aromatic heterocycles. The summed E-state index contributed by atoms with van der Waals surface area (Å²) in [6, 6.07) is 0. The van der Waals surface area contributed by atoms with Crippen LogP contribution in [0.1, 0.15) is 35.9 Å². The second-order valence-electron chi connectivity index (χ2n) is 6.27. The summed E-state index contributed by atoms with van der Waals surface area (Å²) < 4.78 is 50.6. The lowest BCUT2D eigenvalue weighted by molar-refractivity contribution is -0.151. The zero-order valence-electron chi connectivity index (χ0n) is 17.4. The highest BCUT2D eigenvalue weighted by Crippen LogP contribution is 2.36. The van der Waals surface area contributed by atoms with Crippen molar-refractivity contribution in [2.24, 2.45) is 5.92 Å². The third kappa shape index (κ3) is 8.16. The molecular formula is C17H21O13P2+. The maximum absolute atomic E-state index is 12.5. The van der Waals surface area contributed by atoms with Crippen molar-refractivity contribution in [2.45, 2.75) is 39.9 Å². The molecule has 2 aromatic rings. The average molecular weight is 495 g/mol. The highest BCUT2D eigenvalue weighted by atomic mass is 31.2. The van der Waals surface area contributed by atoms with Gasteiger partial charge in [-0.05, 0) is 24.8 Å². The predicted octanol–water partition coefficient (Wildman–Crippen LogP) is 2.49. The van der Waals surface area contributed by atoms with Crippen molar-refractivity contribution in [1.82, 2.24) is 0 Å². The Balaban J connectivity index is 1.93. The van der Waals surface area contributed by atoms with Crippen LogP contribution >= 0.6 is 17.1 Å². The first-order valence-electron chi connectivity index (χ1n) is 9.10. The zero-order chi connectivity index (χ0) is 23.7. The molecule has 0 N–H and O–H groups in total. The molecule has 3 unspecified atom stereocenters. The fourth-order valence-corrected chi connectivity index (χ4v) is 3.98. The second kappa shape index (κ2) is 12.4. The van der Waals surface area contributed by atoms with Crippen LogP contribution in [0.5, 0.6) is 0 Å². The van der Waals surface area contributed by atoms with E-state index < -0.39 is 46.6 Å². The van der Waals surface area contributed by atoms with E-state index in [1.54, 1.807) is 0 Å². The topological polar surface area (TPSA) is 175 Å². The van der Waals surface area contributed by atoms with E-state index in [4.69, 9.17) is 27.1 Å². The largest absolute Gasteiger partial charge is 0.519 e. The summed E-state index contributed by atoms with van der Waals surface area (Å²) in [4.78, 5) is 46.6. The normalized spacial score (nSPS) is 12.8. The van der Waals surface area contributed by atoms with Crippen molar-refractivity contribution in [2.75, 3.05) is 13.3 Å². The third-order valence-electron chi connectivity index (χ3n) is 4.00. The minimum Gasteiger partial charge on any atom is -0.457 e. The number of rotatable bonds is 13. The van der Waals surface area contributed by atoms with Gasteiger partial charge in [-0.25, -0.2) is 9.59 Å². The number of esters is 2. The molecule has 0 spiro atoms. The molecule has 2 heterocycles. The second-order valence-corrected chi connectivity index (χ2v) is 8.60. The Labute approximate surface area is 183 Å². The first-order chi connectivity index (χ1) is 15.2. The maximum Gasteiger partial charge on any atom is 0.519 e. The van der Waals surface area contributed by atoms with Crippen molar-refractivity contribution in [3.63, 3.8) is 0 Å². The molecule has 32 heavy (non-hydrogen) atoms. The molecule has 0 aromatic carbocycles. The Hall–Kier alpha value is -2.59. The lowest BCUT2D eigenvalue weighted by Crippen LogP contribution is -2.22. The maximum atomic E-state index is 12.5. The Morgan fingerprint density at radius 1 is 0.969 bits per heavy atom. The van der Waals surface area contributed by atoms with E-state index in [9.17, 15) is 23.7 Å². The molecule has 0 fully saturated rings. The van der Waals surface area contributed by atoms with E-state index in [1.807, 2.05) is 0 Å². The summed E-state index contributed by atoms with van der Waals surface area (Å²) in [5.74, 6) is -3.90. The van der Waals surface area contributed by atoms with Crippen LogP contribution < -0.4 is 11.6 Å². The van der Waals surface area contributed by atoms with E-state index >= 15 is 0 Å². The van der Waals surface area contributed by atoms with Crippen molar-refractivity contribution in [1.29, 1.82) is 0 Å². The summed E-state index contributed by atoms with van der Waals surface area (Å²) in [5.41, 5.74) is 0. The SMILES string of the molecule is COPO[P+](=O)CC(CCC(=O)OCc1oc(=O)oc1C)C(=O)OCc1oc(=O)oc1C. The van der Waals surface area contributed by atoms with Crippen LogP contribution in [0.25, 0.3) is 0 Å². The molecule has 0 amide bonds. The molecule has 0 saturated carbocycles. The molecule has 13 nitrogen and oxygen atoms in total. The van der Waals surface area contributed by atoms with Crippen LogP contribution in [0.3, 0.4) is 0 Å². The van der Waals surface area contributed by atoms with Gasteiger partial charge in [0.1, 0.15) is 5.92 Å². The van der Waals surface area contributed by atoms with Gasteiger partial charge in [-0.15, -0.1) is 0 Å². The fourth-order valence-electron chi connectivity index (χ4n) is 2.36. The first kappa shape index (κ1) is 25.7. The number of aryl methyl sites for hydroxylation is 2. The number of ether oxygens (including phenoxy) is 2. The van der Waals surface area contributed by atoms with Gasteiger partial charge in [-0.3, -0.25) is 9.59 Å². The van der Waals surface area contributed by atoms with Crippen LogP contribution in [0.2, 0.25) is 0 Å². The highest BCUT2D eigenvalue weighted by Gasteiger charge is 2.33. The summed E-state index contributed by atoms with van der Waals surface area (Å²) in [6.45, 7) is 2.23. The monoisotopic (exact) mass is 495 g/mol. The Morgan fingerprint density at radius 2 is 1.53 bits per heavy atom. The molecule has 0 aliphatic rings. The van der Waals surface area contributed by atoms with Crippen molar-refractivity contribution in [3.8, 4) is 0 Å². The van der Waals surface area contributed by atoms with Crippen molar-refractivity contribution < 1.29 is 50.1 Å². The Morgan fingerprint density at radius 3 is 2.03 bits per heavy atom. The van der Waals surface area contributed by atoms with Gasteiger partial charge in [-0.2, -0.15) is 0 Å². The van der Waals surface area contributed by atoms with Crippen molar-refractivity contribution >= 4 is 29.0 Å². The van der Waals surface area contributed by atoms with E-state index in [1.165, 1.54) is 21.0 Å². The molecule has 0 aliphatic carbocycles. The number of hydrogen-bond acceptors (Lipinski definition) is 13. The van der Waals surface area contributed by atoms with Gasteiger partial charge in [0.15, 0.2) is 42.4 Å². The number of carbonyl (C=O) groups excluding carboxylic acids is 2. The van der Waals surface area contributed by atoms with Crippen LogP contribution in [0.4, 0.5) is 0 Å². The van der Waals surface area contributed by atoms with Crippen molar-refractivity contribution in [3.05, 3.63) is 44.3 Å².